The van der Waals surface area contributed by atoms with Crippen LogP contribution in [0, 0.1) is 0 Å². The van der Waals surface area contributed by atoms with Gasteiger partial charge in [0.1, 0.15) is 0 Å². The SMILES string of the molecule is C=C[Si](C)(O[Si](C)(C)C)O[Si](C)(C)O[Si](C)(CCCCCCCC)O[Si](C)(C)C. The van der Waals surface area contributed by atoms with Gasteiger partial charge >= 0.3 is 25.7 Å². The second-order valence-corrected chi connectivity index (χ2v) is 30.6. The first-order valence-electron chi connectivity index (χ1n) is 11.4. The minimum Gasteiger partial charge on any atom is -0.437 e. The van der Waals surface area contributed by atoms with Gasteiger partial charge in [0, 0.05) is 0 Å². The van der Waals surface area contributed by atoms with Crippen LogP contribution in [0.2, 0.25) is 71.5 Å². The van der Waals surface area contributed by atoms with Crippen molar-refractivity contribution in [3.8, 4) is 0 Å². The molecule has 0 aromatic rings. The molecule has 2 atom stereocenters. The van der Waals surface area contributed by atoms with E-state index in [2.05, 4.69) is 79.0 Å². The average Bonchev–Trinajstić information content (AvgIpc) is 2.45. The third-order valence-corrected chi connectivity index (χ3v) is 21.8. The Morgan fingerprint density at radius 1 is 0.621 bits per heavy atom. The van der Waals surface area contributed by atoms with E-state index in [4.69, 9.17) is 16.5 Å². The monoisotopic (exact) mass is 494 g/mol. The zero-order valence-corrected chi connectivity index (χ0v) is 26.4. The molecule has 0 aromatic heterocycles. The lowest BCUT2D eigenvalue weighted by Gasteiger charge is -2.43. The van der Waals surface area contributed by atoms with Crippen LogP contribution in [-0.2, 0) is 16.5 Å². The fourth-order valence-electron chi connectivity index (χ4n) is 3.74. The van der Waals surface area contributed by atoms with Gasteiger partial charge in [-0.15, -0.1) is 6.58 Å². The Bertz CT molecular complexity index is 490. The van der Waals surface area contributed by atoms with E-state index in [0.29, 0.717) is 0 Å². The average molecular weight is 495 g/mol. The van der Waals surface area contributed by atoms with Crippen LogP contribution in [0.4, 0.5) is 0 Å². The summed E-state index contributed by atoms with van der Waals surface area (Å²) >= 11 is 0. The van der Waals surface area contributed by atoms with E-state index in [-0.39, 0.29) is 0 Å². The summed E-state index contributed by atoms with van der Waals surface area (Å²) < 4.78 is 26.6. The minimum atomic E-state index is -2.47. The molecule has 0 spiro atoms. The molecular weight excluding hydrogens is 445 g/mol. The predicted octanol–water partition coefficient (Wildman–Crippen LogP) is 7.65. The summed E-state index contributed by atoms with van der Waals surface area (Å²) in [6.45, 7) is 28.3. The van der Waals surface area contributed by atoms with Crippen LogP contribution in [0.25, 0.3) is 0 Å². The summed E-state index contributed by atoms with van der Waals surface area (Å²) in [4.78, 5) is 0. The van der Waals surface area contributed by atoms with Crippen LogP contribution < -0.4 is 0 Å². The standard InChI is InChI=1S/C20H50O4Si5/c1-13-15-16-17-18-19-20-29(12,22-26(6,7)8)24-27(9,10)23-28(11,14-2)21-25(3,4)5/h14H,2,13,15-20H2,1,3-12H3. The zero-order valence-electron chi connectivity index (χ0n) is 21.4. The van der Waals surface area contributed by atoms with Gasteiger partial charge in [0.15, 0.2) is 16.6 Å². The number of unbranched alkanes of at least 4 members (excludes halogenated alkanes) is 5. The van der Waals surface area contributed by atoms with Crippen molar-refractivity contribution in [3.05, 3.63) is 12.3 Å². The Balaban J connectivity index is 5.19. The molecule has 29 heavy (non-hydrogen) atoms. The Morgan fingerprint density at radius 3 is 1.55 bits per heavy atom. The molecule has 0 radical (unpaired) electrons. The fourth-order valence-corrected chi connectivity index (χ4v) is 25.8. The molecule has 0 N–H and O–H groups in total. The third-order valence-electron chi connectivity index (χ3n) is 4.30. The molecule has 4 nitrogen and oxygen atoms in total. The number of hydrogen-bond acceptors (Lipinski definition) is 4. The Hall–Kier alpha value is 0.664. The quantitative estimate of drug-likeness (QED) is 0.163. The first kappa shape index (κ1) is 29.7. The zero-order chi connectivity index (χ0) is 23.0. The molecule has 9 heteroatoms. The van der Waals surface area contributed by atoms with Crippen LogP contribution in [0.15, 0.2) is 12.3 Å². The number of hydrogen-bond donors (Lipinski definition) is 0. The van der Waals surface area contributed by atoms with Crippen LogP contribution >= 0.6 is 0 Å². The Labute approximate surface area is 187 Å². The Kier molecular flexibility index (Phi) is 12.3. The van der Waals surface area contributed by atoms with Crippen molar-refractivity contribution < 1.29 is 16.5 Å². The van der Waals surface area contributed by atoms with Gasteiger partial charge in [-0.25, -0.2) is 0 Å². The molecule has 0 aliphatic rings. The molecule has 0 aromatic carbocycles. The molecular formula is C20H50O4Si5. The summed E-state index contributed by atoms with van der Waals surface area (Å²) in [7, 11) is -10.6. The minimum absolute atomic E-state index is 1.05. The topological polar surface area (TPSA) is 36.9 Å². The highest BCUT2D eigenvalue weighted by Gasteiger charge is 2.47. The molecule has 0 aliphatic carbocycles. The molecule has 0 rings (SSSR count). The summed E-state index contributed by atoms with van der Waals surface area (Å²) in [6, 6.07) is 1.05. The van der Waals surface area contributed by atoms with Crippen molar-refractivity contribution >= 4 is 42.3 Å². The van der Waals surface area contributed by atoms with Crippen LogP contribution in [0.5, 0.6) is 0 Å². The predicted molar refractivity (Wildman–Crippen MR) is 140 cm³/mol. The fraction of sp³-hybridized carbons (Fsp3) is 0.900. The van der Waals surface area contributed by atoms with Gasteiger partial charge < -0.3 is 16.5 Å². The van der Waals surface area contributed by atoms with Gasteiger partial charge in [0.05, 0.1) is 0 Å². The van der Waals surface area contributed by atoms with Crippen molar-refractivity contribution in [1.29, 1.82) is 0 Å². The molecule has 0 amide bonds. The van der Waals surface area contributed by atoms with E-state index in [1.165, 1.54) is 38.5 Å². The lowest BCUT2D eigenvalue weighted by molar-refractivity contribution is 0.297. The van der Waals surface area contributed by atoms with Gasteiger partial charge in [0.25, 0.3) is 0 Å². The van der Waals surface area contributed by atoms with Crippen molar-refractivity contribution in [1.82, 2.24) is 0 Å². The first-order chi connectivity index (χ1) is 12.9. The summed E-state index contributed by atoms with van der Waals surface area (Å²) in [5, 5.41) is 0. The molecule has 0 heterocycles. The van der Waals surface area contributed by atoms with Gasteiger partial charge in [0.2, 0.25) is 0 Å². The first-order valence-corrected chi connectivity index (χ1v) is 25.9. The van der Waals surface area contributed by atoms with Crippen LogP contribution in [-0.4, -0.2) is 42.3 Å². The van der Waals surface area contributed by atoms with E-state index in [1.807, 2.05) is 5.70 Å². The smallest absolute Gasteiger partial charge is 0.342 e. The van der Waals surface area contributed by atoms with E-state index in [1.54, 1.807) is 0 Å². The second kappa shape index (κ2) is 12.1. The molecule has 2 unspecified atom stereocenters. The van der Waals surface area contributed by atoms with Gasteiger partial charge in [-0.1, -0.05) is 51.1 Å². The lowest BCUT2D eigenvalue weighted by Crippen LogP contribution is -2.59. The normalized spacial score (nSPS) is 17.6. The van der Waals surface area contributed by atoms with E-state index >= 15 is 0 Å². The van der Waals surface area contributed by atoms with Gasteiger partial charge in [-0.3, -0.25) is 0 Å². The number of rotatable bonds is 16. The maximum Gasteiger partial charge on any atom is 0.342 e. The highest BCUT2D eigenvalue weighted by molar-refractivity contribution is 6.92. The highest BCUT2D eigenvalue weighted by Crippen LogP contribution is 2.30. The van der Waals surface area contributed by atoms with Crippen molar-refractivity contribution in [2.45, 2.75) is 117 Å². The largest absolute Gasteiger partial charge is 0.437 e. The van der Waals surface area contributed by atoms with Gasteiger partial charge in [-0.05, 0) is 71.5 Å². The lowest BCUT2D eigenvalue weighted by atomic mass is 10.1. The Morgan fingerprint density at radius 2 is 1.10 bits per heavy atom. The summed E-state index contributed by atoms with van der Waals surface area (Å²) in [5.41, 5.74) is 1.91. The molecule has 0 saturated carbocycles. The van der Waals surface area contributed by atoms with Crippen LogP contribution in [0.3, 0.4) is 0 Å². The van der Waals surface area contributed by atoms with E-state index in [0.717, 1.165) is 6.04 Å². The molecule has 0 bridgehead atoms. The van der Waals surface area contributed by atoms with Crippen molar-refractivity contribution in [3.63, 3.8) is 0 Å². The summed E-state index contributed by atoms with van der Waals surface area (Å²) in [6.07, 6.45) is 7.73. The van der Waals surface area contributed by atoms with Gasteiger partial charge in [-0.2, -0.15) is 0 Å². The van der Waals surface area contributed by atoms with Crippen molar-refractivity contribution in [2.24, 2.45) is 0 Å². The highest BCUT2D eigenvalue weighted by atomic mass is 28.5. The molecule has 0 fully saturated rings. The second-order valence-electron chi connectivity index (χ2n) is 10.9. The third kappa shape index (κ3) is 15.2. The molecule has 174 valence electrons. The summed E-state index contributed by atoms with van der Waals surface area (Å²) in [5.74, 6) is 0. The molecule has 0 saturated heterocycles. The maximum absolute atomic E-state index is 6.83. The molecule has 0 aliphatic heterocycles. The van der Waals surface area contributed by atoms with E-state index < -0.39 is 42.3 Å². The van der Waals surface area contributed by atoms with Crippen LogP contribution in [0.1, 0.15) is 45.4 Å². The maximum atomic E-state index is 6.83. The van der Waals surface area contributed by atoms with Crippen molar-refractivity contribution in [2.75, 3.05) is 0 Å². The van der Waals surface area contributed by atoms with E-state index in [9.17, 15) is 0 Å².